The normalized spacial score (nSPS) is 18.0. The van der Waals surface area contributed by atoms with Gasteiger partial charge in [-0.3, -0.25) is 4.99 Å². The van der Waals surface area contributed by atoms with Crippen molar-refractivity contribution in [3.63, 3.8) is 0 Å². The first-order valence-corrected chi connectivity index (χ1v) is 10.6. The van der Waals surface area contributed by atoms with Crippen LogP contribution >= 0.6 is 24.0 Å². The number of hydrogen-bond acceptors (Lipinski definition) is 4. The lowest BCUT2D eigenvalue weighted by molar-refractivity contribution is 0.0277. The average molecular weight is 501 g/mol. The highest BCUT2D eigenvalue weighted by Crippen LogP contribution is 2.20. The monoisotopic (exact) mass is 501 g/mol. The van der Waals surface area contributed by atoms with E-state index in [1.54, 1.807) is 0 Å². The number of rotatable bonds is 8. The molecule has 3 rings (SSSR count). The van der Waals surface area contributed by atoms with Crippen molar-refractivity contribution >= 4 is 35.8 Å². The lowest BCUT2D eigenvalue weighted by Crippen LogP contribution is -2.37. The minimum atomic E-state index is 0. The Kier molecular flexibility index (Phi) is 10.9. The molecule has 28 heavy (non-hydrogen) atoms. The summed E-state index contributed by atoms with van der Waals surface area (Å²) in [6, 6.07) is 4.25. The maximum atomic E-state index is 5.98. The Bertz CT molecular complexity index is 586. The molecule has 158 valence electrons. The molecule has 1 aromatic rings. The van der Waals surface area contributed by atoms with Gasteiger partial charge in [0.2, 0.25) is 0 Å². The van der Waals surface area contributed by atoms with E-state index in [9.17, 15) is 0 Å². The summed E-state index contributed by atoms with van der Waals surface area (Å²) < 4.78 is 5.98. The smallest absolute Gasteiger partial charge is 0.191 e. The van der Waals surface area contributed by atoms with Crippen LogP contribution in [0.3, 0.4) is 0 Å². The second kappa shape index (κ2) is 13.2. The third kappa shape index (κ3) is 7.73. The van der Waals surface area contributed by atoms with Crippen LogP contribution < -0.4 is 15.5 Å². The topological polar surface area (TPSA) is 61.8 Å². The molecule has 1 aromatic heterocycles. The Morgan fingerprint density at radius 1 is 1.18 bits per heavy atom. The molecule has 0 radical (unpaired) electrons. The van der Waals surface area contributed by atoms with Crippen molar-refractivity contribution in [3.8, 4) is 0 Å². The summed E-state index contributed by atoms with van der Waals surface area (Å²) in [6.45, 7) is 4.70. The van der Waals surface area contributed by atoms with Gasteiger partial charge in [-0.05, 0) is 49.8 Å². The number of aliphatic imine (C=N–C) groups is 1. The van der Waals surface area contributed by atoms with E-state index in [-0.39, 0.29) is 24.0 Å². The summed E-state index contributed by atoms with van der Waals surface area (Å²) in [5, 5.41) is 6.78. The van der Waals surface area contributed by atoms with Gasteiger partial charge in [-0.2, -0.15) is 0 Å². The van der Waals surface area contributed by atoms with E-state index in [2.05, 4.69) is 37.6 Å². The summed E-state index contributed by atoms with van der Waals surface area (Å²) >= 11 is 0. The molecule has 2 fully saturated rings. The first-order valence-electron chi connectivity index (χ1n) is 10.6. The standard InChI is InChI=1S/C21H35N5O.HI/c1-22-21(24-11-7-15-27-19-8-3-2-4-9-19)25-17-18-10-12-23-20(16-18)26-13-5-6-14-26;/h10,12,16,19H,2-9,11,13-15,17H2,1H3,(H2,22,24,25);1H. The van der Waals surface area contributed by atoms with Crippen molar-refractivity contribution < 1.29 is 4.74 Å². The molecule has 2 N–H and O–H groups in total. The van der Waals surface area contributed by atoms with Crippen molar-refractivity contribution in [1.82, 2.24) is 15.6 Å². The van der Waals surface area contributed by atoms with Crippen LogP contribution in [-0.4, -0.2) is 50.3 Å². The fourth-order valence-corrected chi connectivity index (χ4v) is 3.86. The molecule has 0 bridgehead atoms. The highest BCUT2D eigenvalue weighted by atomic mass is 127. The van der Waals surface area contributed by atoms with Crippen LogP contribution in [-0.2, 0) is 11.3 Å². The lowest BCUT2D eigenvalue weighted by Gasteiger charge is -2.22. The zero-order chi connectivity index (χ0) is 18.7. The average Bonchev–Trinajstić information content (AvgIpc) is 3.26. The molecule has 6 nitrogen and oxygen atoms in total. The summed E-state index contributed by atoms with van der Waals surface area (Å²) in [7, 11) is 1.82. The number of ether oxygens (including phenoxy) is 1. The van der Waals surface area contributed by atoms with Crippen LogP contribution in [0.2, 0.25) is 0 Å². The summed E-state index contributed by atoms with van der Waals surface area (Å²) in [5.74, 6) is 1.93. The van der Waals surface area contributed by atoms with Crippen molar-refractivity contribution in [2.24, 2.45) is 4.99 Å². The van der Waals surface area contributed by atoms with Crippen LogP contribution in [0.4, 0.5) is 5.82 Å². The third-order valence-electron chi connectivity index (χ3n) is 5.44. The zero-order valence-corrected chi connectivity index (χ0v) is 19.5. The maximum absolute atomic E-state index is 5.98. The van der Waals surface area contributed by atoms with Crippen LogP contribution in [0.5, 0.6) is 0 Å². The number of guanidine groups is 1. The first kappa shape index (κ1) is 23.2. The van der Waals surface area contributed by atoms with Gasteiger partial charge in [-0.1, -0.05) is 19.3 Å². The van der Waals surface area contributed by atoms with E-state index in [0.29, 0.717) is 6.10 Å². The van der Waals surface area contributed by atoms with E-state index in [4.69, 9.17) is 4.74 Å². The van der Waals surface area contributed by atoms with Crippen LogP contribution in [0.15, 0.2) is 23.3 Å². The molecule has 0 spiro atoms. The molecule has 7 heteroatoms. The Morgan fingerprint density at radius 2 is 1.96 bits per heavy atom. The number of pyridine rings is 1. The van der Waals surface area contributed by atoms with E-state index in [0.717, 1.165) is 51.0 Å². The van der Waals surface area contributed by atoms with Gasteiger partial charge < -0.3 is 20.3 Å². The predicted octanol–water partition coefficient (Wildman–Crippen LogP) is 3.70. The van der Waals surface area contributed by atoms with Crippen molar-refractivity contribution in [1.29, 1.82) is 0 Å². The van der Waals surface area contributed by atoms with Gasteiger partial charge in [0, 0.05) is 46.0 Å². The van der Waals surface area contributed by atoms with Gasteiger partial charge in [-0.25, -0.2) is 4.98 Å². The van der Waals surface area contributed by atoms with E-state index in [1.165, 1.54) is 50.5 Å². The number of nitrogens with one attached hydrogen (secondary N) is 2. The Morgan fingerprint density at radius 3 is 2.71 bits per heavy atom. The van der Waals surface area contributed by atoms with Crippen LogP contribution in [0.1, 0.15) is 56.9 Å². The maximum Gasteiger partial charge on any atom is 0.191 e. The first-order chi connectivity index (χ1) is 13.3. The number of aromatic nitrogens is 1. The Balaban J connectivity index is 0.00000280. The largest absolute Gasteiger partial charge is 0.378 e. The van der Waals surface area contributed by atoms with Crippen molar-refractivity contribution in [2.45, 2.75) is 64.0 Å². The van der Waals surface area contributed by atoms with Crippen LogP contribution in [0.25, 0.3) is 0 Å². The van der Waals surface area contributed by atoms with Gasteiger partial charge in [0.1, 0.15) is 5.82 Å². The fraction of sp³-hybridized carbons (Fsp3) is 0.714. The number of hydrogen-bond donors (Lipinski definition) is 2. The zero-order valence-electron chi connectivity index (χ0n) is 17.2. The predicted molar refractivity (Wildman–Crippen MR) is 127 cm³/mol. The van der Waals surface area contributed by atoms with E-state index < -0.39 is 0 Å². The summed E-state index contributed by atoms with van der Waals surface area (Å²) in [4.78, 5) is 11.2. The molecule has 1 aliphatic heterocycles. The third-order valence-corrected chi connectivity index (χ3v) is 5.44. The molecule has 1 saturated carbocycles. The van der Waals surface area contributed by atoms with Gasteiger partial charge in [0.25, 0.3) is 0 Å². The molecule has 0 unspecified atom stereocenters. The highest BCUT2D eigenvalue weighted by molar-refractivity contribution is 14.0. The van der Waals surface area contributed by atoms with Gasteiger partial charge in [0.15, 0.2) is 5.96 Å². The van der Waals surface area contributed by atoms with Gasteiger partial charge in [0.05, 0.1) is 6.10 Å². The van der Waals surface area contributed by atoms with Gasteiger partial charge >= 0.3 is 0 Å². The minimum absolute atomic E-state index is 0. The highest BCUT2D eigenvalue weighted by Gasteiger charge is 2.14. The second-order valence-corrected chi connectivity index (χ2v) is 7.55. The number of nitrogens with zero attached hydrogens (tertiary/aromatic N) is 3. The second-order valence-electron chi connectivity index (χ2n) is 7.55. The Hall–Kier alpha value is -1.09. The summed E-state index contributed by atoms with van der Waals surface area (Å²) in [5.41, 5.74) is 1.23. The quantitative estimate of drug-likeness (QED) is 0.246. The van der Waals surface area contributed by atoms with E-state index >= 15 is 0 Å². The molecule has 0 atom stereocenters. The molecular weight excluding hydrogens is 465 g/mol. The molecule has 0 amide bonds. The van der Waals surface area contributed by atoms with E-state index in [1.807, 2.05) is 13.2 Å². The molecule has 0 aromatic carbocycles. The van der Waals surface area contributed by atoms with Crippen molar-refractivity contribution in [3.05, 3.63) is 23.9 Å². The lowest BCUT2D eigenvalue weighted by atomic mass is 9.98. The number of halogens is 1. The Labute approximate surface area is 186 Å². The fourth-order valence-electron chi connectivity index (χ4n) is 3.86. The molecule has 1 saturated heterocycles. The molecule has 1 aliphatic carbocycles. The van der Waals surface area contributed by atoms with Crippen LogP contribution in [0, 0.1) is 0 Å². The number of anilines is 1. The SMILES string of the molecule is CN=C(NCCCOC1CCCCC1)NCc1ccnc(N2CCCC2)c1.I. The summed E-state index contributed by atoms with van der Waals surface area (Å²) in [6.07, 6.45) is 12.4. The van der Waals surface area contributed by atoms with Crippen molar-refractivity contribution in [2.75, 3.05) is 38.2 Å². The molecule has 2 aliphatic rings. The molecule has 2 heterocycles. The molecular formula is C21H36IN5O. The minimum Gasteiger partial charge on any atom is -0.378 e. The van der Waals surface area contributed by atoms with Gasteiger partial charge in [-0.15, -0.1) is 24.0 Å².